The van der Waals surface area contributed by atoms with Crippen LogP contribution in [0.15, 0.2) is 0 Å². The first kappa shape index (κ1) is 28.7. The number of hydrogen-bond donors (Lipinski definition) is 0. The summed E-state index contributed by atoms with van der Waals surface area (Å²) in [5.74, 6) is 9.35. The minimum absolute atomic E-state index is 0. The average molecular weight is 489 g/mol. The van der Waals surface area contributed by atoms with E-state index >= 15 is 0 Å². The van der Waals surface area contributed by atoms with Gasteiger partial charge in [0, 0.05) is 0 Å². The molecule has 0 aromatic carbocycles. The molecule has 0 nitrogen and oxygen atoms in total. The Morgan fingerprint density at radius 1 is 0.261 bits per heavy atom. The van der Waals surface area contributed by atoms with Gasteiger partial charge in [-0.1, -0.05) is 69.2 Å². The molecule has 136 valence electrons. The van der Waals surface area contributed by atoms with E-state index in [2.05, 4.69) is 69.2 Å². The van der Waals surface area contributed by atoms with Crippen molar-refractivity contribution in [3.8, 4) is 0 Å². The Morgan fingerprint density at radius 3 is 0.348 bits per heavy atom. The van der Waals surface area contributed by atoms with Crippen molar-refractivity contribution in [2.45, 2.75) is 69.2 Å². The Kier molecular flexibility index (Phi) is 14.3. The van der Waals surface area contributed by atoms with Crippen molar-refractivity contribution in [2.75, 3.05) is 0 Å². The van der Waals surface area contributed by atoms with Gasteiger partial charge in [0.15, 0.2) is 0 Å². The molecule has 0 heterocycles. The first-order chi connectivity index (χ1) is 9.11. The predicted octanol–water partition coefficient (Wildman–Crippen LogP) is 7.26. The zero-order valence-electron chi connectivity index (χ0n) is 18.3. The van der Waals surface area contributed by atoms with E-state index in [4.69, 9.17) is 0 Å². The quantitative estimate of drug-likeness (QED) is 0.248. The Morgan fingerprint density at radius 2 is 0.304 bits per heavy atom. The largest absolute Gasteiger partial charge is 4.00 e. The molecule has 0 aliphatic heterocycles. The SMILES string of the molecule is CC1C(C)C(C)C(C)C1C.CC1C(C)C(C)C(C)C1C.[CH3-].[CH3-].[Hf+4]. The maximum Gasteiger partial charge on any atom is 4.00 e. The molecular weight excluding hydrogens is 443 g/mol. The van der Waals surface area contributed by atoms with E-state index in [1.54, 1.807) is 0 Å². The molecule has 0 bridgehead atoms. The van der Waals surface area contributed by atoms with Crippen molar-refractivity contribution in [3.05, 3.63) is 14.9 Å². The van der Waals surface area contributed by atoms with Gasteiger partial charge in [-0.15, -0.1) is 0 Å². The van der Waals surface area contributed by atoms with Crippen LogP contribution in [-0.2, 0) is 25.8 Å². The minimum atomic E-state index is 0. The summed E-state index contributed by atoms with van der Waals surface area (Å²) in [5.41, 5.74) is 0. The van der Waals surface area contributed by atoms with Crippen LogP contribution in [0.1, 0.15) is 69.2 Å². The van der Waals surface area contributed by atoms with Crippen LogP contribution in [0.5, 0.6) is 0 Å². The molecular formula is C22H46Hf+2. The maximum absolute atomic E-state index is 2.40. The summed E-state index contributed by atoms with van der Waals surface area (Å²) < 4.78 is 0. The molecule has 0 aromatic heterocycles. The van der Waals surface area contributed by atoms with Gasteiger partial charge in [-0.3, -0.25) is 0 Å². The minimum Gasteiger partial charge on any atom is -0.358 e. The van der Waals surface area contributed by atoms with Gasteiger partial charge in [-0.2, -0.15) is 0 Å². The molecule has 2 aliphatic rings. The summed E-state index contributed by atoms with van der Waals surface area (Å²) in [6, 6.07) is 0. The standard InChI is InChI=1S/2C10H20.2CH3.Hf/c2*1-6-7(2)9(4)10(5)8(6)3;;;/h2*6-10H,1-5H3;2*1H3;/q;;2*-1;+4. The molecule has 1 heteroatoms. The van der Waals surface area contributed by atoms with Crippen molar-refractivity contribution in [3.63, 3.8) is 0 Å². The first-order valence-electron chi connectivity index (χ1n) is 9.11. The van der Waals surface area contributed by atoms with E-state index < -0.39 is 0 Å². The molecule has 0 saturated heterocycles. The molecule has 0 radical (unpaired) electrons. The topological polar surface area (TPSA) is 0 Å². The van der Waals surface area contributed by atoms with Crippen LogP contribution in [-0.4, -0.2) is 0 Å². The Balaban J connectivity index is -0.000000308. The fraction of sp³-hybridized carbons (Fsp3) is 0.909. The Hall–Kier alpha value is 0.870. The predicted molar refractivity (Wildman–Crippen MR) is 104 cm³/mol. The summed E-state index contributed by atoms with van der Waals surface area (Å²) in [6.45, 7) is 24.0. The van der Waals surface area contributed by atoms with Crippen molar-refractivity contribution < 1.29 is 25.8 Å². The van der Waals surface area contributed by atoms with Gasteiger partial charge in [-0.05, 0) is 59.2 Å². The van der Waals surface area contributed by atoms with E-state index in [0.717, 1.165) is 59.2 Å². The van der Waals surface area contributed by atoms with Crippen molar-refractivity contribution in [1.29, 1.82) is 0 Å². The van der Waals surface area contributed by atoms with Gasteiger partial charge in [0.25, 0.3) is 0 Å². The summed E-state index contributed by atoms with van der Waals surface area (Å²) in [6.07, 6.45) is 0. The van der Waals surface area contributed by atoms with Gasteiger partial charge >= 0.3 is 25.8 Å². The molecule has 0 spiro atoms. The Labute approximate surface area is 168 Å². The third-order valence-electron chi connectivity index (χ3n) is 8.29. The van der Waals surface area contributed by atoms with Crippen LogP contribution in [0.2, 0.25) is 0 Å². The smallest absolute Gasteiger partial charge is 0.358 e. The molecule has 0 unspecified atom stereocenters. The van der Waals surface area contributed by atoms with Gasteiger partial charge in [0.2, 0.25) is 0 Å². The van der Waals surface area contributed by atoms with Crippen LogP contribution in [0.3, 0.4) is 0 Å². The fourth-order valence-corrected chi connectivity index (χ4v) is 4.79. The zero-order chi connectivity index (χ0) is 15.8. The molecule has 2 fully saturated rings. The van der Waals surface area contributed by atoms with Gasteiger partial charge in [-0.25, -0.2) is 0 Å². The first-order valence-corrected chi connectivity index (χ1v) is 9.11. The van der Waals surface area contributed by atoms with Crippen LogP contribution in [0.4, 0.5) is 0 Å². The van der Waals surface area contributed by atoms with E-state index in [0.29, 0.717) is 0 Å². The molecule has 0 N–H and O–H groups in total. The second-order valence-corrected chi connectivity index (χ2v) is 8.59. The fourth-order valence-electron chi connectivity index (χ4n) is 4.79. The number of hydrogen-bond acceptors (Lipinski definition) is 0. The molecule has 23 heavy (non-hydrogen) atoms. The monoisotopic (exact) mass is 490 g/mol. The van der Waals surface area contributed by atoms with Gasteiger partial charge < -0.3 is 14.9 Å². The molecule has 2 aliphatic carbocycles. The average Bonchev–Trinajstić information content (AvgIpc) is 2.71. The van der Waals surface area contributed by atoms with Crippen molar-refractivity contribution in [1.82, 2.24) is 0 Å². The van der Waals surface area contributed by atoms with Gasteiger partial charge in [0.1, 0.15) is 0 Å². The second-order valence-electron chi connectivity index (χ2n) is 8.59. The zero-order valence-corrected chi connectivity index (χ0v) is 21.9. The van der Waals surface area contributed by atoms with Crippen LogP contribution in [0, 0.1) is 74.0 Å². The summed E-state index contributed by atoms with van der Waals surface area (Å²) >= 11 is 0. The molecule has 0 aromatic rings. The van der Waals surface area contributed by atoms with E-state index in [9.17, 15) is 0 Å². The summed E-state index contributed by atoms with van der Waals surface area (Å²) in [5, 5.41) is 0. The third kappa shape index (κ3) is 5.96. The van der Waals surface area contributed by atoms with E-state index in [1.807, 2.05) is 0 Å². The normalized spacial score (nSPS) is 48.3. The summed E-state index contributed by atoms with van der Waals surface area (Å²) in [4.78, 5) is 0. The van der Waals surface area contributed by atoms with E-state index in [-0.39, 0.29) is 40.7 Å². The molecule has 2 saturated carbocycles. The van der Waals surface area contributed by atoms with Crippen molar-refractivity contribution in [2.24, 2.45) is 59.2 Å². The molecule has 0 amide bonds. The molecule has 2 rings (SSSR count). The molecule has 0 atom stereocenters. The van der Waals surface area contributed by atoms with Crippen LogP contribution < -0.4 is 0 Å². The van der Waals surface area contributed by atoms with Gasteiger partial charge in [0.05, 0.1) is 0 Å². The second kappa shape index (κ2) is 11.5. The maximum atomic E-state index is 2.40. The van der Waals surface area contributed by atoms with Crippen LogP contribution in [0.25, 0.3) is 0 Å². The Bertz CT molecular complexity index is 181. The van der Waals surface area contributed by atoms with E-state index in [1.165, 1.54) is 0 Å². The summed E-state index contributed by atoms with van der Waals surface area (Å²) in [7, 11) is 0. The van der Waals surface area contributed by atoms with Crippen molar-refractivity contribution >= 4 is 0 Å². The third-order valence-corrected chi connectivity index (χ3v) is 8.29. The number of rotatable bonds is 0. The van der Waals surface area contributed by atoms with Crippen LogP contribution >= 0.6 is 0 Å².